The lowest BCUT2D eigenvalue weighted by atomic mass is 10.0. The standard InChI is InChI=1S/C23H19N5O5/c29-20-7-6-19(22(32)24-20)27-11-15-10-14(4-5-17(15)23(27)33)18-12-28(26-25-18)16-3-1-2-13(8-16)9-21(30)31/h1-5,8,10,12,19H,6-7,9,11H2,(H,30,31)(H,24,29,32). The SMILES string of the molecule is O=C(O)Cc1cccc(-n2cc(-c3ccc4c(c3)CN(C3CCC(=O)NC3=O)C4=O)nn2)c1. The molecule has 0 aliphatic carbocycles. The molecule has 10 heteroatoms. The zero-order chi connectivity index (χ0) is 23.1. The molecule has 1 aromatic heterocycles. The van der Waals surface area contributed by atoms with Crippen molar-refractivity contribution in [2.24, 2.45) is 0 Å². The Bertz CT molecular complexity index is 1310. The molecule has 3 aromatic rings. The third-order valence-corrected chi connectivity index (χ3v) is 5.84. The molecule has 2 aromatic carbocycles. The molecule has 2 aliphatic heterocycles. The summed E-state index contributed by atoms with van der Waals surface area (Å²) in [5, 5.41) is 19.7. The molecule has 0 bridgehead atoms. The second-order valence-corrected chi connectivity index (χ2v) is 8.06. The van der Waals surface area contributed by atoms with Crippen molar-refractivity contribution in [3.63, 3.8) is 0 Å². The van der Waals surface area contributed by atoms with Gasteiger partial charge in [-0.25, -0.2) is 4.68 Å². The quantitative estimate of drug-likeness (QED) is 0.566. The van der Waals surface area contributed by atoms with Crippen LogP contribution in [0.1, 0.15) is 34.3 Å². The van der Waals surface area contributed by atoms with E-state index in [0.29, 0.717) is 28.9 Å². The number of amides is 3. The molecule has 10 nitrogen and oxygen atoms in total. The first kappa shape index (κ1) is 20.6. The monoisotopic (exact) mass is 445 g/mol. The Morgan fingerprint density at radius 1 is 1.15 bits per heavy atom. The summed E-state index contributed by atoms with van der Waals surface area (Å²) in [6, 6.07) is 11.7. The number of fused-ring (bicyclic) bond motifs is 1. The maximum absolute atomic E-state index is 12.9. The molecule has 0 spiro atoms. The molecular formula is C23H19N5O5. The minimum atomic E-state index is -0.912. The Morgan fingerprint density at radius 2 is 2.00 bits per heavy atom. The van der Waals surface area contributed by atoms with Crippen molar-refractivity contribution in [2.75, 3.05) is 0 Å². The fraction of sp³-hybridized carbons (Fsp3) is 0.217. The number of hydrogen-bond acceptors (Lipinski definition) is 6. The lowest BCUT2D eigenvalue weighted by Crippen LogP contribution is -2.52. The van der Waals surface area contributed by atoms with Gasteiger partial charge in [0.15, 0.2) is 0 Å². The first-order valence-electron chi connectivity index (χ1n) is 10.4. The van der Waals surface area contributed by atoms with E-state index in [1.54, 1.807) is 41.2 Å². The van der Waals surface area contributed by atoms with E-state index >= 15 is 0 Å². The van der Waals surface area contributed by atoms with E-state index in [2.05, 4.69) is 15.6 Å². The third kappa shape index (κ3) is 3.86. The van der Waals surface area contributed by atoms with E-state index in [0.717, 1.165) is 11.1 Å². The van der Waals surface area contributed by atoms with Crippen LogP contribution in [0.3, 0.4) is 0 Å². The summed E-state index contributed by atoms with van der Waals surface area (Å²) < 4.78 is 1.56. The number of carbonyl (C=O) groups is 4. The van der Waals surface area contributed by atoms with Crippen molar-refractivity contribution < 1.29 is 24.3 Å². The number of nitrogens with one attached hydrogen (secondary N) is 1. The van der Waals surface area contributed by atoms with Gasteiger partial charge in [-0.15, -0.1) is 5.10 Å². The van der Waals surface area contributed by atoms with Crippen LogP contribution in [0, 0.1) is 0 Å². The number of benzene rings is 2. The van der Waals surface area contributed by atoms with Gasteiger partial charge in [-0.3, -0.25) is 24.5 Å². The van der Waals surface area contributed by atoms with E-state index in [1.165, 1.54) is 4.90 Å². The van der Waals surface area contributed by atoms with Crippen molar-refractivity contribution in [2.45, 2.75) is 31.8 Å². The predicted molar refractivity (Wildman–Crippen MR) is 114 cm³/mol. The molecule has 166 valence electrons. The molecule has 0 radical (unpaired) electrons. The normalized spacial score (nSPS) is 17.8. The van der Waals surface area contributed by atoms with Crippen LogP contribution in [-0.2, 0) is 27.3 Å². The van der Waals surface area contributed by atoms with Gasteiger partial charge in [0.25, 0.3) is 5.91 Å². The minimum Gasteiger partial charge on any atom is -0.481 e. The van der Waals surface area contributed by atoms with Gasteiger partial charge in [0, 0.05) is 24.1 Å². The molecule has 1 saturated heterocycles. The number of carboxylic acids is 1. The number of nitrogens with zero attached hydrogens (tertiary/aromatic N) is 4. The molecule has 2 N–H and O–H groups in total. The molecule has 3 amide bonds. The Balaban J connectivity index is 1.38. The van der Waals surface area contributed by atoms with Crippen molar-refractivity contribution in [3.05, 3.63) is 65.4 Å². The fourth-order valence-corrected chi connectivity index (χ4v) is 4.24. The number of carboxylic acid groups (broad SMARTS) is 1. The van der Waals surface area contributed by atoms with Crippen molar-refractivity contribution in [3.8, 4) is 16.9 Å². The Hall–Kier alpha value is -4.34. The van der Waals surface area contributed by atoms with Gasteiger partial charge in [-0.05, 0) is 41.8 Å². The third-order valence-electron chi connectivity index (χ3n) is 5.84. The number of aromatic nitrogens is 3. The first-order chi connectivity index (χ1) is 15.9. The molecule has 2 aliphatic rings. The summed E-state index contributed by atoms with van der Waals surface area (Å²) in [7, 11) is 0. The average molecular weight is 445 g/mol. The smallest absolute Gasteiger partial charge is 0.307 e. The molecular weight excluding hydrogens is 426 g/mol. The van der Waals surface area contributed by atoms with Crippen LogP contribution in [0.5, 0.6) is 0 Å². The Labute approximate surface area is 187 Å². The summed E-state index contributed by atoms with van der Waals surface area (Å²) in [4.78, 5) is 49.0. The summed E-state index contributed by atoms with van der Waals surface area (Å²) in [6.07, 6.45) is 2.17. The van der Waals surface area contributed by atoms with Gasteiger partial charge >= 0.3 is 5.97 Å². The number of piperidine rings is 1. The Kier molecular flexibility index (Phi) is 4.97. The number of hydrogen-bond donors (Lipinski definition) is 2. The number of imide groups is 1. The summed E-state index contributed by atoms with van der Waals surface area (Å²) in [6.45, 7) is 0.277. The van der Waals surface area contributed by atoms with Crippen molar-refractivity contribution in [1.29, 1.82) is 0 Å². The highest BCUT2D eigenvalue weighted by Gasteiger charge is 2.39. The minimum absolute atomic E-state index is 0.0854. The van der Waals surface area contributed by atoms with Crippen LogP contribution >= 0.6 is 0 Å². The molecule has 3 heterocycles. The van der Waals surface area contributed by atoms with Crippen molar-refractivity contribution in [1.82, 2.24) is 25.2 Å². The number of aliphatic carboxylic acids is 1. The summed E-state index contributed by atoms with van der Waals surface area (Å²) in [5.74, 6) is -1.91. The van der Waals surface area contributed by atoms with Crippen LogP contribution in [0.4, 0.5) is 0 Å². The van der Waals surface area contributed by atoms with Gasteiger partial charge in [-0.2, -0.15) is 0 Å². The highest BCUT2D eigenvalue weighted by Crippen LogP contribution is 2.30. The lowest BCUT2D eigenvalue weighted by molar-refractivity contribution is -0.137. The van der Waals surface area contributed by atoms with E-state index in [-0.39, 0.29) is 31.2 Å². The van der Waals surface area contributed by atoms with Gasteiger partial charge in [0.2, 0.25) is 11.8 Å². The number of carbonyl (C=O) groups excluding carboxylic acids is 3. The van der Waals surface area contributed by atoms with Crippen LogP contribution < -0.4 is 5.32 Å². The average Bonchev–Trinajstić information content (AvgIpc) is 3.39. The van der Waals surface area contributed by atoms with Gasteiger partial charge in [-0.1, -0.05) is 23.4 Å². The first-order valence-corrected chi connectivity index (χ1v) is 10.4. The molecule has 33 heavy (non-hydrogen) atoms. The van der Waals surface area contributed by atoms with Crippen LogP contribution in [0.2, 0.25) is 0 Å². The van der Waals surface area contributed by atoms with Crippen LogP contribution in [0.15, 0.2) is 48.7 Å². The lowest BCUT2D eigenvalue weighted by Gasteiger charge is -2.29. The maximum atomic E-state index is 12.9. The fourth-order valence-electron chi connectivity index (χ4n) is 4.24. The van der Waals surface area contributed by atoms with Gasteiger partial charge < -0.3 is 10.0 Å². The highest BCUT2D eigenvalue weighted by molar-refractivity contribution is 6.05. The molecule has 1 fully saturated rings. The summed E-state index contributed by atoms with van der Waals surface area (Å²) >= 11 is 0. The number of rotatable bonds is 5. The molecule has 0 saturated carbocycles. The molecule has 1 atom stereocenters. The van der Waals surface area contributed by atoms with Crippen molar-refractivity contribution >= 4 is 23.7 Å². The topological polar surface area (TPSA) is 134 Å². The second-order valence-electron chi connectivity index (χ2n) is 8.06. The maximum Gasteiger partial charge on any atom is 0.307 e. The second kappa shape index (κ2) is 7.97. The largest absolute Gasteiger partial charge is 0.481 e. The van der Waals surface area contributed by atoms with Crippen LogP contribution in [-0.4, -0.2) is 54.7 Å². The zero-order valence-corrected chi connectivity index (χ0v) is 17.4. The Morgan fingerprint density at radius 3 is 2.79 bits per heavy atom. The summed E-state index contributed by atoms with van der Waals surface area (Å²) in [5.41, 5.74) is 4.00. The molecule has 1 unspecified atom stereocenters. The van der Waals surface area contributed by atoms with Gasteiger partial charge in [0.05, 0.1) is 18.3 Å². The van der Waals surface area contributed by atoms with E-state index < -0.39 is 17.9 Å². The van der Waals surface area contributed by atoms with E-state index in [1.807, 2.05) is 12.1 Å². The van der Waals surface area contributed by atoms with Gasteiger partial charge in [0.1, 0.15) is 11.7 Å². The zero-order valence-electron chi connectivity index (χ0n) is 17.4. The molecule has 5 rings (SSSR count). The van der Waals surface area contributed by atoms with Crippen LogP contribution in [0.25, 0.3) is 16.9 Å². The predicted octanol–water partition coefficient (Wildman–Crippen LogP) is 1.32. The van der Waals surface area contributed by atoms with E-state index in [9.17, 15) is 19.2 Å². The van der Waals surface area contributed by atoms with E-state index in [4.69, 9.17) is 5.11 Å². The highest BCUT2D eigenvalue weighted by atomic mass is 16.4.